The lowest BCUT2D eigenvalue weighted by molar-refractivity contribution is 0.0609. The molecule has 2 aliphatic heterocycles. The molecular weight excluding hydrogens is 194 g/mol. The van der Waals surface area contributed by atoms with Crippen LogP contribution in [0.2, 0.25) is 0 Å². The van der Waals surface area contributed by atoms with Gasteiger partial charge in [-0.05, 0) is 19.3 Å². The Labute approximate surface area is 90.6 Å². The average Bonchev–Trinajstić information content (AvgIpc) is 2.87. The van der Waals surface area contributed by atoms with E-state index in [4.69, 9.17) is 14.9 Å². The van der Waals surface area contributed by atoms with Gasteiger partial charge in [0.05, 0.1) is 25.4 Å². The quantitative estimate of drug-likeness (QED) is 0.599. The second-order valence-corrected chi connectivity index (χ2v) is 5.22. The van der Waals surface area contributed by atoms with Crippen molar-refractivity contribution in [3.05, 3.63) is 0 Å². The summed E-state index contributed by atoms with van der Waals surface area (Å²) in [6.07, 6.45) is 4.23. The van der Waals surface area contributed by atoms with Crippen LogP contribution in [0.4, 0.5) is 0 Å². The van der Waals surface area contributed by atoms with E-state index in [2.05, 4.69) is 5.32 Å². The number of hydrogen-bond acceptors (Lipinski definition) is 4. The van der Waals surface area contributed by atoms with Crippen LogP contribution in [0, 0.1) is 5.41 Å². The number of ether oxygens (including phenoxy) is 1. The van der Waals surface area contributed by atoms with E-state index in [1.807, 2.05) is 6.92 Å². The molecule has 3 atom stereocenters. The second-order valence-electron chi connectivity index (χ2n) is 5.22. The highest BCUT2D eigenvalue weighted by atomic mass is 16.5. The highest BCUT2D eigenvalue weighted by Crippen LogP contribution is 2.34. The normalized spacial score (nSPS) is 35.0. The third kappa shape index (κ3) is 2.33. The van der Waals surface area contributed by atoms with E-state index in [0.717, 1.165) is 12.8 Å². The molecular formula is C11H21NO3. The molecule has 2 saturated heterocycles. The second kappa shape index (κ2) is 4.37. The van der Waals surface area contributed by atoms with Gasteiger partial charge in [0, 0.05) is 18.0 Å². The van der Waals surface area contributed by atoms with Crippen molar-refractivity contribution in [2.24, 2.45) is 5.41 Å². The van der Waals surface area contributed by atoms with Gasteiger partial charge >= 0.3 is 0 Å². The molecule has 3 N–H and O–H groups in total. The molecule has 0 aromatic rings. The van der Waals surface area contributed by atoms with Gasteiger partial charge in [-0.1, -0.05) is 6.92 Å². The molecule has 15 heavy (non-hydrogen) atoms. The zero-order chi connectivity index (χ0) is 10.9. The van der Waals surface area contributed by atoms with E-state index >= 15 is 0 Å². The molecule has 0 aromatic heterocycles. The molecule has 2 fully saturated rings. The highest BCUT2D eigenvalue weighted by molar-refractivity contribution is 4.94. The molecule has 0 saturated carbocycles. The zero-order valence-corrected chi connectivity index (χ0v) is 9.28. The Morgan fingerprint density at radius 1 is 1.33 bits per heavy atom. The first kappa shape index (κ1) is 11.3. The van der Waals surface area contributed by atoms with E-state index in [0.29, 0.717) is 24.8 Å². The highest BCUT2D eigenvalue weighted by Gasteiger charge is 2.41. The fourth-order valence-corrected chi connectivity index (χ4v) is 2.39. The van der Waals surface area contributed by atoms with E-state index in [1.54, 1.807) is 0 Å². The Morgan fingerprint density at radius 2 is 2.07 bits per heavy atom. The first-order valence-electron chi connectivity index (χ1n) is 5.77. The summed E-state index contributed by atoms with van der Waals surface area (Å²) in [4.78, 5) is 0. The lowest BCUT2D eigenvalue weighted by atomic mass is 9.90. The van der Waals surface area contributed by atoms with Crippen molar-refractivity contribution in [1.82, 2.24) is 5.32 Å². The van der Waals surface area contributed by atoms with Gasteiger partial charge in [0.1, 0.15) is 0 Å². The van der Waals surface area contributed by atoms with Gasteiger partial charge < -0.3 is 20.3 Å². The number of aliphatic hydroxyl groups is 2. The third-order valence-corrected chi connectivity index (χ3v) is 3.66. The van der Waals surface area contributed by atoms with Gasteiger partial charge in [0.15, 0.2) is 0 Å². The van der Waals surface area contributed by atoms with Gasteiger partial charge in [-0.3, -0.25) is 0 Å². The van der Waals surface area contributed by atoms with Crippen LogP contribution in [0.25, 0.3) is 0 Å². The predicted molar refractivity (Wildman–Crippen MR) is 56.6 cm³/mol. The van der Waals surface area contributed by atoms with E-state index in [9.17, 15) is 0 Å². The standard InChI is InChI=1S/C11H21NO3/c1-11(6-13,7-14)5-12-9-4-8-2-3-10(9)15-8/h8-10,12-14H,2-7H2,1H3. The summed E-state index contributed by atoms with van der Waals surface area (Å²) in [6, 6.07) is 0.418. The molecule has 2 rings (SSSR count). The Hall–Kier alpha value is -0.160. The van der Waals surface area contributed by atoms with Gasteiger partial charge in [-0.2, -0.15) is 0 Å². The summed E-state index contributed by atoms with van der Waals surface area (Å²) in [6.45, 7) is 2.56. The lowest BCUT2D eigenvalue weighted by Gasteiger charge is -2.29. The molecule has 2 bridgehead atoms. The largest absolute Gasteiger partial charge is 0.396 e. The lowest BCUT2D eigenvalue weighted by Crippen LogP contribution is -2.45. The van der Waals surface area contributed by atoms with Gasteiger partial charge in [0.25, 0.3) is 0 Å². The molecule has 0 radical (unpaired) electrons. The van der Waals surface area contributed by atoms with Crippen LogP contribution >= 0.6 is 0 Å². The number of nitrogens with one attached hydrogen (secondary N) is 1. The number of hydrogen-bond donors (Lipinski definition) is 3. The fraction of sp³-hybridized carbons (Fsp3) is 1.00. The van der Waals surface area contributed by atoms with Crippen molar-refractivity contribution in [1.29, 1.82) is 0 Å². The molecule has 3 unspecified atom stereocenters. The number of fused-ring (bicyclic) bond motifs is 2. The molecule has 0 amide bonds. The van der Waals surface area contributed by atoms with Crippen molar-refractivity contribution in [2.75, 3.05) is 19.8 Å². The fourth-order valence-electron chi connectivity index (χ4n) is 2.39. The minimum absolute atomic E-state index is 0.0121. The maximum absolute atomic E-state index is 9.16. The van der Waals surface area contributed by atoms with Crippen LogP contribution in [-0.4, -0.2) is 48.2 Å². The van der Waals surface area contributed by atoms with Crippen LogP contribution < -0.4 is 5.32 Å². The summed E-state index contributed by atoms with van der Waals surface area (Å²) < 4.78 is 5.73. The van der Waals surface area contributed by atoms with Crippen molar-refractivity contribution in [3.8, 4) is 0 Å². The maximum Gasteiger partial charge on any atom is 0.0733 e. The van der Waals surface area contributed by atoms with E-state index < -0.39 is 5.41 Å². The van der Waals surface area contributed by atoms with Crippen LogP contribution in [-0.2, 0) is 4.74 Å². The van der Waals surface area contributed by atoms with Crippen molar-refractivity contribution < 1.29 is 14.9 Å². The van der Waals surface area contributed by atoms with Crippen molar-refractivity contribution >= 4 is 0 Å². The van der Waals surface area contributed by atoms with E-state index in [1.165, 1.54) is 6.42 Å². The Bertz CT molecular complexity index is 218. The molecule has 2 aliphatic rings. The monoisotopic (exact) mass is 215 g/mol. The molecule has 4 nitrogen and oxygen atoms in total. The first-order chi connectivity index (χ1) is 7.17. The van der Waals surface area contributed by atoms with Gasteiger partial charge in [0.2, 0.25) is 0 Å². The minimum Gasteiger partial charge on any atom is -0.396 e. The predicted octanol–water partition coefficient (Wildman–Crippen LogP) is -0.113. The van der Waals surface area contributed by atoms with Crippen molar-refractivity contribution in [3.63, 3.8) is 0 Å². The first-order valence-corrected chi connectivity index (χ1v) is 5.77. The maximum atomic E-state index is 9.16. The van der Waals surface area contributed by atoms with Crippen LogP contribution in [0.15, 0.2) is 0 Å². The van der Waals surface area contributed by atoms with E-state index in [-0.39, 0.29) is 13.2 Å². The third-order valence-electron chi connectivity index (χ3n) is 3.66. The molecule has 4 heteroatoms. The smallest absolute Gasteiger partial charge is 0.0733 e. The summed E-state index contributed by atoms with van der Waals surface area (Å²) >= 11 is 0. The topological polar surface area (TPSA) is 61.7 Å². The summed E-state index contributed by atoms with van der Waals surface area (Å²) in [5.74, 6) is 0. The Kier molecular flexibility index (Phi) is 3.30. The number of rotatable bonds is 5. The van der Waals surface area contributed by atoms with Gasteiger partial charge in [-0.15, -0.1) is 0 Å². The van der Waals surface area contributed by atoms with Crippen LogP contribution in [0.1, 0.15) is 26.2 Å². The zero-order valence-electron chi connectivity index (χ0n) is 9.28. The molecule has 0 aliphatic carbocycles. The van der Waals surface area contributed by atoms with Crippen molar-refractivity contribution in [2.45, 2.75) is 44.4 Å². The summed E-state index contributed by atoms with van der Waals surface area (Å²) in [5.41, 5.74) is -0.415. The minimum atomic E-state index is -0.415. The van der Waals surface area contributed by atoms with Gasteiger partial charge in [-0.25, -0.2) is 0 Å². The Balaban J connectivity index is 1.78. The molecule has 2 heterocycles. The SMILES string of the molecule is CC(CO)(CO)CNC1CC2CCC1O2. The molecule has 0 spiro atoms. The average molecular weight is 215 g/mol. The molecule has 88 valence electrons. The Morgan fingerprint density at radius 3 is 2.53 bits per heavy atom. The summed E-state index contributed by atoms with van der Waals surface area (Å²) in [5, 5.41) is 21.7. The molecule has 0 aromatic carbocycles. The summed E-state index contributed by atoms with van der Waals surface area (Å²) in [7, 11) is 0. The van der Waals surface area contributed by atoms with Crippen LogP contribution in [0.3, 0.4) is 0 Å². The number of aliphatic hydroxyl groups excluding tert-OH is 2. The van der Waals surface area contributed by atoms with Crippen LogP contribution in [0.5, 0.6) is 0 Å².